The van der Waals surface area contributed by atoms with Gasteiger partial charge in [-0.3, -0.25) is 9.69 Å². The van der Waals surface area contributed by atoms with Crippen LogP contribution in [0.4, 0.5) is 24.5 Å². The Kier molecular flexibility index (Phi) is 6.28. The fourth-order valence-electron chi connectivity index (χ4n) is 4.29. The molecular formula is C23H24ClF3N4O2. The van der Waals surface area contributed by atoms with Crippen molar-refractivity contribution in [1.82, 2.24) is 4.90 Å². The van der Waals surface area contributed by atoms with Gasteiger partial charge in [-0.2, -0.15) is 13.2 Å². The highest BCUT2D eigenvalue weighted by Gasteiger charge is 2.41. The van der Waals surface area contributed by atoms with E-state index in [1.807, 2.05) is 0 Å². The van der Waals surface area contributed by atoms with Crippen molar-refractivity contribution in [2.45, 2.75) is 43.9 Å². The van der Waals surface area contributed by atoms with E-state index in [2.05, 4.69) is 10.3 Å². The van der Waals surface area contributed by atoms with Crippen molar-refractivity contribution in [1.29, 1.82) is 0 Å². The van der Waals surface area contributed by atoms with E-state index in [-0.39, 0.29) is 24.3 Å². The van der Waals surface area contributed by atoms with Crippen molar-refractivity contribution >= 4 is 34.8 Å². The number of aliphatic imine (C=N–C) groups is 1. The van der Waals surface area contributed by atoms with Gasteiger partial charge in [-0.05, 0) is 50.1 Å². The average Bonchev–Trinajstić information content (AvgIpc) is 2.75. The number of guanidine groups is 1. The summed E-state index contributed by atoms with van der Waals surface area (Å²) in [7, 11) is 0. The zero-order valence-electron chi connectivity index (χ0n) is 18.0. The lowest BCUT2D eigenvalue weighted by molar-refractivity contribution is -0.137. The van der Waals surface area contributed by atoms with E-state index in [0.29, 0.717) is 48.0 Å². The number of alkyl halides is 3. The third-order valence-electron chi connectivity index (χ3n) is 6.00. The van der Waals surface area contributed by atoms with Gasteiger partial charge in [-0.25, -0.2) is 4.99 Å². The summed E-state index contributed by atoms with van der Waals surface area (Å²) in [4.78, 5) is 19.3. The van der Waals surface area contributed by atoms with Gasteiger partial charge in [0.1, 0.15) is 0 Å². The molecule has 2 heterocycles. The fourth-order valence-corrected chi connectivity index (χ4v) is 4.66. The van der Waals surface area contributed by atoms with E-state index in [1.165, 1.54) is 12.1 Å². The highest BCUT2D eigenvalue weighted by Crippen LogP contribution is 2.41. The number of benzene rings is 2. The lowest BCUT2D eigenvalue weighted by Crippen LogP contribution is -2.55. The normalized spacial score (nSPS) is 22.3. The second kappa shape index (κ2) is 8.87. The highest BCUT2D eigenvalue weighted by atomic mass is 35.5. The zero-order chi connectivity index (χ0) is 23.8. The van der Waals surface area contributed by atoms with Gasteiger partial charge in [0.05, 0.1) is 28.2 Å². The summed E-state index contributed by atoms with van der Waals surface area (Å²) in [6.07, 6.45) is -2.92. The van der Waals surface area contributed by atoms with Gasteiger partial charge >= 0.3 is 6.18 Å². The van der Waals surface area contributed by atoms with Crippen LogP contribution in [0.2, 0.25) is 5.02 Å². The van der Waals surface area contributed by atoms with E-state index < -0.39 is 17.3 Å². The third-order valence-corrected chi connectivity index (χ3v) is 6.41. The molecule has 0 aromatic heterocycles. The van der Waals surface area contributed by atoms with Gasteiger partial charge in [-0.15, -0.1) is 0 Å². The summed E-state index contributed by atoms with van der Waals surface area (Å²) >= 11 is 6.67. The molecule has 0 bridgehead atoms. The number of carbonyl (C=O) groups excluding carboxylic acids is 1. The molecule has 176 valence electrons. The van der Waals surface area contributed by atoms with Crippen molar-refractivity contribution in [2.75, 3.05) is 18.5 Å². The Morgan fingerprint density at radius 3 is 2.45 bits per heavy atom. The second-order valence-corrected chi connectivity index (χ2v) is 8.77. The first-order valence-electron chi connectivity index (χ1n) is 10.6. The Labute approximate surface area is 194 Å². The maximum Gasteiger partial charge on any atom is 0.416 e. The van der Waals surface area contributed by atoms with Gasteiger partial charge in [0.2, 0.25) is 5.91 Å². The molecule has 1 atom stereocenters. The lowest BCUT2D eigenvalue weighted by Gasteiger charge is -2.40. The van der Waals surface area contributed by atoms with Crippen molar-refractivity contribution in [3.8, 4) is 0 Å². The topological polar surface area (TPSA) is 80.0 Å². The Hall–Kier alpha value is -2.78. The van der Waals surface area contributed by atoms with Crippen LogP contribution in [0.5, 0.6) is 0 Å². The van der Waals surface area contributed by atoms with Gasteiger partial charge in [0.15, 0.2) is 5.96 Å². The Morgan fingerprint density at radius 1 is 1.18 bits per heavy atom. The number of halogens is 4. The minimum atomic E-state index is -4.41. The minimum absolute atomic E-state index is 0.0392. The first-order chi connectivity index (χ1) is 15.6. The number of amides is 1. The molecule has 33 heavy (non-hydrogen) atoms. The molecule has 10 heteroatoms. The smallest absolute Gasteiger partial charge is 0.381 e. The zero-order valence-corrected chi connectivity index (χ0v) is 18.7. The maximum absolute atomic E-state index is 13.1. The Balaban J connectivity index is 1.60. The number of hydrogen-bond acceptors (Lipinski definition) is 5. The second-order valence-electron chi connectivity index (χ2n) is 8.40. The van der Waals surface area contributed by atoms with Crippen LogP contribution in [0.3, 0.4) is 0 Å². The Bertz CT molecular complexity index is 1070. The number of nitrogens with zero attached hydrogens (tertiary/aromatic N) is 2. The summed E-state index contributed by atoms with van der Waals surface area (Å²) in [5.74, 6) is 0.0203. The first kappa shape index (κ1) is 23.4. The lowest BCUT2D eigenvalue weighted by atomic mass is 9.86. The quantitative estimate of drug-likeness (QED) is 0.642. The van der Waals surface area contributed by atoms with E-state index in [0.717, 1.165) is 12.1 Å². The molecule has 2 aliphatic rings. The summed E-state index contributed by atoms with van der Waals surface area (Å²) in [5, 5.41) is 3.37. The molecule has 2 aromatic carbocycles. The van der Waals surface area contributed by atoms with E-state index in [1.54, 1.807) is 30.0 Å². The van der Waals surface area contributed by atoms with Crippen molar-refractivity contribution in [3.05, 3.63) is 58.6 Å². The number of hydrogen-bond donors (Lipinski definition) is 2. The summed E-state index contributed by atoms with van der Waals surface area (Å²) in [5.41, 5.74) is 6.06. The van der Waals surface area contributed by atoms with Gasteiger partial charge in [0, 0.05) is 30.5 Å². The van der Waals surface area contributed by atoms with Gasteiger partial charge in [-0.1, -0.05) is 23.7 Å². The molecule has 1 saturated heterocycles. The Morgan fingerprint density at radius 2 is 1.85 bits per heavy atom. The van der Waals surface area contributed by atoms with Crippen molar-refractivity contribution in [2.24, 2.45) is 10.7 Å². The minimum Gasteiger partial charge on any atom is -0.381 e. The predicted molar refractivity (Wildman–Crippen MR) is 120 cm³/mol. The molecule has 4 rings (SSSR count). The van der Waals surface area contributed by atoms with E-state index in [4.69, 9.17) is 22.1 Å². The summed E-state index contributed by atoms with van der Waals surface area (Å²) in [6.45, 7) is 2.94. The number of nitrogens with two attached hydrogens (primary N) is 1. The van der Waals surface area contributed by atoms with Crippen molar-refractivity contribution < 1.29 is 22.7 Å². The number of rotatable bonds is 4. The van der Waals surface area contributed by atoms with Gasteiger partial charge < -0.3 is 15.8 Å². The van der Waals surface area contributed by atoms with Crippen LogP contribution in [-0.4, -0.2) is 36.0 Å². The predicted octanol–water partition coefficient (Wildman–Crippen LogP) is 5.04. The molecule has 0 aliphatic carbocycles. The molecule has 0 radical (unpaired) electrons. The van der Waals surface area contributed by atoms with Crippen LogP contribution in [0, 0.1) is 0 Å². The van der Waals surface area contributed by atoms with Crippen molar-refractivity contribution in [3.63, 3.8) is 0 Å². The molecule has 0 unspecified atom stereocenters. The molecule has 1 fully saturated rings. The highest BCUT2D eigenvalue weighted by molar-refractivity contribution is 6.34. The first-order valence-corrected chi connectivity index (χ1v) is 10.9. The largest absolute Gasteiger partial charge is 0.416 e. The molecule has 6 nitrogen and oxygen atoms in total. The number of nitrogens with one attached hydrogen (secondary N) is 1. The van der Waals surface area contributed by atoms with Crippen LogP contribution < -0.4 is 11.1 Å². The van der Waals surface area contributed by atoms with Crippen LogP contribution >= 0.6 is 11.6 Å². The summed E-state index contributed by atoms with van der Waals surface area (Å²) < 4.78 is 43.8. The van der Waals surface area contributed by atoms with Gasteiger partial charge in [0.25, 0.3) is 0 Å². The van der Waals surface area contributed by atoms with Crippen LogP contribution in [0.15, 0.2) is 47.5 Å². The molecule has 3 N–H and O–H groups in total. The van der Waals surface area contributed by atoms with E-state index in [9.17, 15) is 18.0 Å². The molecule has 2 aromatic rings. The molecule has 1 amide bonds. The number of ether oxygens (including phenoxy) is 1. The van der Waals surface area contributed by atoms with Crippen LogP contribution in [-0.2, 0) is 21.2 Å². The number of carbonyl (C=O) groups is 1. The molecule has 0 spiro atoms. The fraction of sp³-hybridized carbons (Fsp3) is 0.391. The van der Waals surface area contributed by atoms with Crippen LogP contribution in [0.1, 0.15) is 37.3 Å². The SMILES string of the molecule is C[C@@]1(c2cccc(Nc3ccc(C(F)(F)F)cc3)c2Cl)CC(=O)N(C2CCOCC2)C(N)=N1. The summed E-state index contributed by atoms with van der Waals surface area (Å²) in [6, 6.07) is 9.85. The molecule has 0 saturated carbocycles. The standard InChI is InChI=1S/C23H24ClF3N4O2/c1-22(13-19(32)31(21(28)30-22)16-9-11-33-12-10-16)17-3-2-4-18(20(17)24)29-15-7-5-14(6-8-15)23(25,26)27/h2-8,16,29H,9-13H2,1H3,(H2,28,30)/t22-/m0/s1. The van der Waals surface area contributed by atoms with E-state index >= 15 is 0 Å². The monoisotopic (exact) mass is 480 g/mol. The maximum atomic E-state index is 13.1. The average molecular weight is 481 g/mol. The third kappa shape index (κ3) is 4.79. The molecular weight excluding hydrogens is 457 g/mol. The molecule has 2 aliphatic heterocycles. The number of anilines is 2. The van der Waals surface area contributed by atoms with Crippen LogP contribution in [0.25, 0.3) is 0 Å².